The molecule has 3 N–H and O–H groups in total. The number of hydrogen-bond donors (Lipinski definition) is 3. The first-order valence-corrected chi connectivity index (χ1v) is 8.47. The Hall–Kier alpha value is -3.36. The summed E-state index contributed by atoms with van der Waals surface area (Å²) < 4.78 is 6.47. The quantitative estimate of drug-likeness (QED) is 0.477. The maximum absolute atomic E-state index is 11.9. The van der Waals surface area contributed by atoms with Crippen LogP contribution in [-0.2, 0) is 16.1 Å². The van der Waals surface area contributed by atoms with Crippen LogP contribution in [0, 0.1) is 6.92 Å². The number of esters is 1. The highest BCUT2D eigenvalue weighted by atomic mass is 16.5. The standard InChI is InChI=1S/C18H23N5O4/c1-13-19-9-11-23(13)10-3-8-20-18(26)22-15-6-4-14(5-7-15)17(25)21-12-16(24)27-2/h4-7,9,11H,3,8,10,12H2,1-2H3,(H,21,25)(H2,20,22,26). The molecule has 9 nitrogen and oxygen atoms in total. The summed E-state index contributed by atoms with van der Waals surface area (Å²) in [7, 11) is 1.25. The highest BCUT2D eigenvalue weighted by Gasteiger charge is 2.08. The zero-order valence-electron chi connectivity index (χ0n) is 15.3. The van der Waals surface area contributed by atoms with Gasteiger partial charge in [0.25, 0.3) is 5.91 Å². The number of nitrogens with one attached hydrogen (secondary N) is 3. The van der Waals surface area contributed by atoms with Gasteiger partial charge in [0.1, 0.15) is 12.4 Å². The van der Waals surface area contributed by atoms with Gasteiger partial charge in [-0.05, 0) is 37.6 Å². The number of carbonyl (C=O) groups is 3. The number of carbonyl (C=O) groups excluding carboxylic acids is 3. The summed E-state index contributed by atoms with van der Waals surface area (Å²) in [6, 6.07) is 6.03. The molecule has 2 rings (SSSR count). The van der Waals surface area contributed by atoms with E-state index in [-0.39, 0.29) is 12.6 Å². The van der Waals surface area contributed by atoms with Gasteiger partial charge < -0.3 is 25.3 Å². The third-order valence-electron chi connectivity index (χ3n) is 3.81. The Morgan fingerprint density at radius 3 is 2.52 bits per heavy atom. The molecule has 0 atom stereocenters. The maximum Gasteiger partial charge on any atom is 0.325 e. The SMILES string of the molecule is COC(=O)CNC(=O)c1ccc(NC(=O)NCCCn2ccnc2C)cc1. The Balaban J connectivity index is 1.71. The summed E-state index contributed by atoms with van der Waals surface area (Å²) in [6.45, 7) is 3.04. The topological polar surface area (TPSA) is 114 Å². The maximum atomic E-state index is 11.9. The monoisotopic (exact) mass is 373 g/mol. The van der Waals surface area contributed by atoms with Crippen molar-refractivity contribution < 1.29 is 19.1 Å². The van der Waals surface area contributed by atoms with E-state index in [9.17, 15) is 14.4 Å². The summed E-state index contributed by atoms with van der Waals surface area (Å²) >= 11 is 0. The number of aromatic nitrogens is 2. The van der Waals surface area contributed by atoms with Crippen LogP contribution in [0.2, 0.25) is 0 Å². The molecule has 0 aliphatic carbocycles. The predicted octanol–water partition coefficient (Wildman–Crippen LogP) is 1.31. The van der Waals surface area contributed by atoms with Crippen LogP contribution >= 0.6 is 0 Å². The van der Waals surface area contributed by atoms with Crippen molar-refractivity contribution >= 4 is 23.6 Å². The highest BCUT2D eigenvalue weighted by molar-refractivity contribution is 5.96. The normalized spacial score (nSPS) is 10.1. The van der Waals surface area contributed by atoms with Crippen LogP contribution in [0.4, 0.5) is 10.5 Å². The molecular weight excluding hydrogens is 350 g/mol. The average molecular weight is 373 g/mol. The molecule has 0 saturated heterocycles. The van der Waals surface area contributed by atoms with E-state index in [0.717, 1.165) is 18.8 Å². The van der Waals surface area contributed by atoms with Gasteiger partial charge in [-0.25, -0.2) is 9.78 Å². The summed E-state index contributed by atoms with van der Waals surface area (Å²) in [6.07, 6.45) is 4.43. The van der Waals surface area contributed by atoms with E-state index in [4.69, 9.17) is 0 Å². The number of benzene rings is 1. The molecule has 0 fully saturated rings. The number of amides is 3. The van der Waals surface area contributed by atoms with Crippen molar-refractivity contribution in [2.45, 2.75) is 19.9 Å². The Labute approximate surface area is 157 Å². The van der Waals surface area contributed by atoms with Crippen LogP contribution in [0.25, 0.3) is 0 Å². The zero-order valence-corrected chi connectivity index (χ0v) is 15.3. The molecule has 3 amide bonds. The van der Waals surface area contributed by atoms with Crippen molar-refractivity contribution in [2.24, 2.45) is 0 Å². The lowest BCUT2D eigenvalue weighted by molar-refractivity contribution is -0.139. The van der Waals surface area contributed by atoms with Crippen LogP contribution in [0.15, 0.2) is 36.7 Å². The molecule has 0 saturated carbocycles. The highest BCUT2D eigenvalue weighted by Crippen LogP contribution is 2.09. The third kappa shape index (κ3) is 6.46. The molecule has 0 unspecified atom stereocenters. The Morgan fingerprint density at radius 2 is 1.89 bits per heavy atom. The van der Waals surface area contributed by atoms with Gasteiger partial charge in [0.05, 0.1) is 7.11 Å². The van der Waals surface area contributed by atoms with Gasteiger partial charge in [0, 0.05) is 36.7 Å². The molecule has 0 spiro atoms. The summed E-state index contributed by atoms with van der Waals surface area (Å²) in [4.78, 5) is 38.9. The molecule has 9 heteroatoms. The van der Waals surface area contributed by atoms with E-state index in [2.05, 4.69) is 25.7 Å². The first-order chi connectivity index (χ1) is 13.0. The average Bonchev–Trinajstić information content (AvgIpc) is 3.08. The summed E-state index contributed by atoms with van der Waals surface area (Å²) in [5.74, 6) is 0.0165. The lowest BCUT2D eigenvalue weighted by Gasteiger charge is -2.09. The minimum Gasteiger partial charge on any atom is -0.468 e. The third-order valence-corrected chi connectivity index (χ3v) is 3.81. The van der Waals surface area contributed by atoms with E-state index < -0.39 is 11.9 Å². The fourth-order valence-corrected chi connectivity index (χ4v) is 2.30. The Kier molecular flexibility index (Phi) is 7.36. The van der Waals surface area contributed by atoms with E-state index in [1.54, 1.807) is 30.5 Å². The molecule has 0 aliphatic rings. The van der Waals surface area contributed by atoms with Crippen molar-refractivity contribution in [2.75, 3.05) is 25.5 Å². The minimum absolute atomic E-state index is 0.198. The van der Waals surface area contributed by atoms with Crippen LogP contribution in [-0.4, -0.2) is 47.7 Å². The molecular formula is C18H23N5O4. The van der Waals surface area contributed by atoms with Crippen molar-refractivity contribution in [3.05, 3.63) is 48.0 Å². The van der Waals surface area contributed by atoms with Gasteiger partial charge in [-0.2, -0.15) is 0 Å². The van der Waals surface area contributed by atoms with Gasteiger partial charge in [-0.3, -0.25) is 9.59 Å². The predicted molar refractivity (Wildman–Crippen MR) is 99.4 cm³/mol. The van der Waals surface area contributed by atoms with E-state index >= 15 is 0 Å². The van der Waals surface area contributed by atoms with Crippen LogP contribution in [0.3, 0.4) is 0 Å². The molecule has 0 bridgehead atoms. The molecule has 144 valence electrons. The van der Waals surface area contributed by atoms with Gasteiger partial charge in [0.2, 0.25) is 0 Å². The first-order valence-electron chi connectivity index (χ1n) is 8.47. The van der Waals surface area contributed by atoms with E-state index in [1.807, 2.05) is 17.7 Å². The van der Waals surface area contributed by atoms with Crippen LogP contribution in [0.5, 0.6) is 0 Å². The van der Waals surface area contributed by atoms with Gasteiger partial charge in [-0.15, -0.1) is 0 Å². The lowest BCUT2D eigenvalue weighted by Crippen LogP contribution is -2.30. The zero-order chi connectivity index (χ0) is 19.6. The van der Waals surface area contributed by atoms with Gasteiger partial charge >= 0.3 is 12.0 Å². The Bertz CT molecular complexity index is 785. The molecule has 0 radical (unpaired) electrons. The van der Waals surface area contributed by atoms with E-state index in [1.165, 1.54) is 7.11 Å². The fourth-order valence-electron chi connectivity index (χ4n) is 2.30. The van der Waals surface area contributed by atoms with Gasteiger partial charge in [0.15, 0.2) is 0 Å². The number of ether oxygens (including phenoxy) is 1. The second kappa shape index (κ2) is 9.95. The molecule has 1 heterocycles. The van der Waals surface area contributed by atoms with Crippen LogP contribution in [0.1, 0.15) is 22.6 Å². The van der Waals surface area contributed by atoms with Crippen molar-refractivity contribution in [3.8, 4) is 0 Å². The van der Waals surface area contributed by atoms with Crippen LogP contribution < -0.4 is 16.0 Å². The number of anilines is 1. The van der Waals surface area contributed by atoms with E-state index in [0.29, 0.717) is 17.8 Å². The number of hydrogen-bond acceptors (Lipinski definition) is 5. The van der Waals surface area contributed by atoms with Gasteiger partial charge in [-0.1, -0.05) is 0 Å². The fraction of sp³-hybridized carbons (Fsp3) is 0.333. The second-order valence-electron chi connectivity index (χ2n) is 5.74. The molecule has 1 aromatic carbocycles. The number of urea groups is 1. The molecule has 1 aromatic heterocycles. The number of rotatable bonds is 8. The number of aryl methyl sites for hydroxylation is 2. The molecule has 0 aliphatic heterocycles. The summed E-state index contributed by atoms with van der Waals surface area (Å²) in [5, 5.41) is 7.91. The van der Waals surface area contributed by atoms with Crippen molar-refractivity contribution in [1.29, 1.82) is 0 Å². The number of imidazole rings is 1. The number of nitrogens with zero attached hydrogens (tertiary/aromatic N) is 2. The number of methoxy groups -OCH3 is 1. The summed E-state index contributed by atoms with van der Waals surface area (Å²) in [5.41, 5.74) is 0.933. The van der Waals surface area contributed by atoms with Crippen molar-refractivity contribution in [1.82, 2.24) is 20.2 Å². The smallest absolute Gasteiger partial charge is 0.325 e. The molecule has 27 heavy (non-hydrogen) atoms. The lowest BCUT2D eigenvalue weighted by atomic mass is 10.2. The Morgan fingerprint density at radius 1 is 1.15 bits per heavy atom. The minimum atomic E-state index is -0.526. The molecule has 2 aromatic rings. The first kappa shape index (κ1) is 20.0. The largest absolute Gasteiger partial charge is 0.468 e. The second-order valence-corrected chi connectivity index (χ2v) is 5.74. The van der Waals surface area contributed by atoms with Crippen molar-refractivity contribution in [3.63, 3.8) is 0 Å².